The van der Waals surface area contributed by atoms with Crippen molar-refractivity contribution in [3.8, 4) is 0 Å². The minimum atomic E-state index is -0.441. The van der Waals surface area contributed by atoms with Crippen molar-refractivity contribution >= 4 is 27.5 Å². The predicted molar refractivity (Wildman–Crippen MR) is 78.0 cm³/mol. The molecule has 0 atom stereocenters. The van der Waals surface area contributed by atoms with E-state index in [1.54, 1.807) is 13.1 Å². The fourth-order valence-electron chi connectivity index (χ4n) is 1.78. The zero-order valence-electron chi connectivity index (χ0n) is 10.7. The molecule has 0 saturated carbocycles. The molecule has 0 unspecified atom stereocenters. The summed E-state index contributed by atoms with van der Waals surface area (Å²) >= 11 is 3.07. The SMILES string of the molecule is Cc1cccc(N(C)C(=O)c2ccc(Br)c(F)c2)c1. The number of hydrogen-bond donors (Lipinski definition) is 0. The van der Waals surface area contributed by atoms with Gasteiger partial charge < -0.3 is 4.90 Å². The Morgan fingerprint density at radius 2 is 1.95 bits per heavy atom. The molecule has 0 saturated heterocycles. The molecule has 2 aromatic rings. The first kappa shape index (κ1) is 13.7. The maximum Gasteiger partial charge on any atom is 0.258 e. The van der Waals surface area contributed by atoms with Crippen LogP contribution < -0.4 is 4.90 Å². The van der Waals surface area contributed by atoms with Crippen molar-refractivity contribution in [1.29, 1.82) is 0 Å². The van der Waals surface area contributed by atoms with E-state index in [-0.39, 0.29) is 5.91 Å². The van der Waals surface area contributed by atoms with Gasteiger partial charge in [0.2, 0.25) is 0 Å². The number of anilines is 1. The summed E-state index contributed by atoms with van der Waals surface area (Å²) in [5.41, 5.74) is 2.18. The lowest BCUT2D eigenvalue weighted by molar-refractivity contribution is 0.0992. The summed E-state index contributed by atoms with van der Waals surface area (Å²) in [6.07, 6.45) is 0. The van der Waals surface area contributed by atoms with E-state index in [0.29, 0.717) is 10.0 Å². The minimum Gasteiger partial charge on any atom is -0.311 e. The molecule has 2 nitrogen and oxygen atoms in total. The maximum atomic E-state index is 13.5. The van der Waals surface area contributed by atoms with Crippen LogP contribution in [0.1, 0.15) is 15.9 Å². The topological polar surface area (TPSA) is 20.3 Å². The van der Waals surface area contributed by atoms with E-state index in [1.165, 1.54) is 17.0 Å². The lowest BCUT2D eigenvalue weighted by Crippen LogP contribution is -2.26. The van der Waals surface area contributed by atoms with E-state index in [2.05, 4.69) is 15.9 Å². The van der Waals surface area contributed by atoms with E-state index < -0.39 is 5.82 Å². The minimum absolute atomic E-state index is 0.239. The third-order valence-corrected chi connectivity index (χ3v) is 3.50. The number of amides is 1. The molecular formula is C15H13BrFNO. The Morgan fingerprint density at radius 1 is 1.21 bits per heavy atom. The van der Waals surface area contributed by atoms with E-state index in [0.717, 1.165) is 11.3 Å². The van der Waals surface area contributed by atoms with Crippen LogP contribution in [-0.4, -0.2) is 13.0 Å². The largest absolute Gasteiger partial charge is 0.311 e. The zero-order chi connectivity index (χ0) is 14.0. The number of benzene rings is 2. The van der Waals surface area contributed by atoms with E-state index in [9.17, 15) is 9.18 Å². The average molecular weight is 322 g/mol. The van der Waals surface area contributed by atoms with E-state index in [1.807, 2.05) is 31.2 Å². The first-order valence-corrected chi connectivity index (χ1v) is 6.58. The van der Waals surface area contributed by atoms with Crippen molar-refractivity contribution in [3.63, 3.8) is 0 Å². The number of halogens is 2. The van der Waals surface area contributed by atoms with Crippen molar-refractivity contribution in [1.82, 2.24) is 0 Å². The van der Waals surface area contributed by atoms with Crippen molar-refractivity contribution in [2.24, 2.45) is 0 Å². The van der Waals surface area contributed by atoms with Crippen molar-refractivity contribution in [2.45, 2.75) is 6.92 Å². The van der Waals surface area contributed by atoms with Crippen LogP contribution in [0.4, 0.5) is 10.1 Å². The Kier molecular flexibility index (Phi) is 4.00. The fourth-order valence-corrected chi connectivity index (χ4v) is 2.02. The molecule has 0 bridgehead atoms. The molecule has 0 aromatic heterocycles. The van der Waals surface area contributed by atoms with Gasteiger partial charge in [-0.05, 0) is 58.7 Å². The van der Waals surface area contributed by atoms with Crippen LogP contribution in [0.3, 0.4) is 0 Å². The van der Waals surface area contributed by atoms with Gasteiger partial charge in [0.15, 0.2) is 0 Å². The average Bonchev–Trinajstić information content (AvgIpc) is 2.40. The molecule has 0 radical (unpaired) electrons. The molecule has 0 aliphatic heterocycles. The molecule has 0 spiro atoms. The van der Waals surface area contributed by atoms with E-state index in [4.69, 9.17) is 0 Å². The van der Waals surface area contributed by atoms with E-state index >= 15 is 0 Å². The van der Waals surface area contributed by atoms with Crippen LogP contribution in [0.15, 0.2) is 46.9 Å². The number of aryl methyl sites for hydroxylation is 1. The molecule has 0 aliphatic rings. The summed E-state index contributed by atoms with van der Waals surface area (Å²) < 4.78 is 13.8. The zero-order valence-corrected chi connectivity index (χ0v) is 12.2. The summed E-state index contributed by atoms with van der Waals surface area (Å²) in [6.45, 7) is 1.96. The molecular weight excluding hydrogens is 309 g/mol. The van der Waals surface area contributed by atoms with Crippen LogP contribution in [0.5, 0.6) is 0 Å². The summed E-state index contributed by atoms with van der Waals surface area (Å²) in [6, 6.07) is 12.0. The second-order valence-electron chi connectivity index (χ2n) is 4.33. The van der Waals surface area contributed by atoms with Gasteiger partial charge in [0.1, 0.15) is 5.82 Å². The van der Waals surface area contributed by atoms with Gasteiger partial charge in [-0.1, -0.05) is 12.1 Å². The molecule has 0 fully saturated rings. The van der Waals surface area contributed by atoms with Crippen LogP contribution in [-0.2, 0) is 0 Å². The first-order valence-electron chi connectivity index (χ1n) is 5.79. The summed E-state index contributed by atoms with van der Waals surface area (Å²) in [4.78, 5) is 13.8. The Labute approximate surface area is 120 Å². The smallest absolute Gasteiger partial charge is 0.258 e. The number of nitrogens with zero attached hydrogens (tertiary/aromatic N) is 1. The quantitative estimate of drug-likeness (QED) is 0.812. The molecule has 0 heterocycles. The number of rotatable bonds is 2. The molecule has 2 rings (SSSR count). The molecule has 2 aromatic carbocycles. The standard InChI is InChI=1S/C15H13BrFNO/c1-10-4-3-5-12(8-10)18(2)15(19)11-6-7-13(16)14(17)9-11/h3-9H,1-2H3. The molecule has 1 amide bonds. The highest BCUT2D eigenvalue weighted by Gasteiger charge is 2.15. The molecule has 19 heavy (non-hydrogen) atoms. The van der Waals surface area contributed by atoms with Crippen LogP contribution >= 0.6 is 15.9 Å². The Morgan fingerprint density at radius 3 is 2.58 bits per heavy atom. The van der Waals surface area contributed by atoms with Crippen molar-refractivity contribution in [3.05, 3.63) is 63.9 Å². The molecule has 0 N–H and O–H groups in total. The molecule has 4 heteroatoms. The van der Waals surface area contributed by atoms with Gasteiger partial charge in [-0.3, -0.25) is 4.79 Å². The molecule has 98 valence electrons. The third-order valence-electron chi connectivity index (χ3n) is 2.86. The van der Waals surface area contributed by atoms with Gasteiger partial charge in [-0.2, -0.15) is 0 Å². The number of hydrogen-bond acceptors (Lipinski definition) is 1. The lowest BCUT2D eigenvalue weighted by Gasteiger charge is -2.18. The highest BCUT2D eigenvalue weighted by atomic mass is 79.9. The van der Waals surface area contributed by atoms with Crippen LogP contribution in [0, 0.1) is 12.7 Å². The van der Waals surface area contributed by atoms with Gasteiger partial charge in [0.05, 0.1) is 4.47 Å². The second-order valence-corrected chi connectivity index (χ2v) is 5.19. The second kappa shape index (κ2) is 5.53. The number of carbonyl (C=O) groups is 1. The Balaban J connectivity index is 2.30. The highest BCUT2D eigenvalue weighted by Crippen LogP contribution is 2.20. The predicted octanol–water partition coefficient (Wildman–Crippen LogP) is 4.17. The Hall–Kier alpha value is -1.68. The fraction of sp³-hybridized carbons (Fsp3) is 0.133. The number of carbonyl (C=O) groups excluding carboxylic acids is 1. The van der Waals surface area contributed by atoms with Gasteiger partial charge in [0, 0.05) is 18.3 Å². The lowest BCUT2D eigenvalue weighted by atomic mass is 10.1. The summed E-state index contributed by atoms with van der Waals surface area (Å²) in [5, 5.41) is 0. The van der Waals surface area contributed by atoms with Crippen molar-refractivity contribution in [2.75, 3.05) is 11.9 Å². The maximum absolute atomic E-state index is 13.5. The summed E-state index contributed by atoms with van der Waals surface area (Å²) in [7, 11) is 1.68. The molecule has 0 aliphatic carbocycles. The van der Waals surface area contributed by atoms with Crippen LogP contribution in [0.2, 0.25) is 0 Å². The Bertz CT molecular complexity index is 627. The highest BCUT2D eigenvalue weighted by molar-refractivity contribution is 9.10. The van der Waals surface area contributed by atoms with Crippen molar-refractivity contribution < 1.29 is 9.18 Å². The normalized spacial score (nSPS) is 10.3. The third kappa shape index (κ3) is 3.01. The van der Waals surface area contributed by atoms with Crippen LogP contribution in [0.25, 0.3) is 0 Å². The van der Waals surface area contributed by atoms with Gasteiger partial charge in [-0.15, -0.1) is 0 Å². The van der Waals surface area contributed by atoms with Gasteiger partial charge in [-0.25, -0.2) is 4.39 Å². The first-order chi connectivity index (χ1) is 8.99. The van der Waals surface area contributed by atoms with Gasteiger partial charge in [0.25, 0.3) is 5.91 Å². The summed E-state index contributed by atoms with van der Waals surface area (Å²) in [5.74, 6) is -0.680. The monoisotopic (exact) mass is 321 g/mol. The van der Waals surface area contributed by atoms with Gasteiger partial charge >= 0.3 is 0 Å².